The second-order valence-corrected chi connectivity index (χ2v) is 9.23. The van der Waals surface area contributed by atoms with Crippen molar-refractivity contribution in [3.8, 4) is 0 Å². The number of thioether (sulfide) groups is 2. The van der Waals surface area contributed by atoms with Gasteiger partial charge in [0.2, 0.25) is 9.84 Å². The van der Waals surface area contributed by atoms with Gasteiger partial charge in [-0.15, -0.1) is 23.5 Å². The molecule has 2 nitrogen and oxygen atoms in total. The lowest BCUT2D eigenvalue weighted by atomic mass is 10.2. The van der Waals surface area contributed by atoms with Gasteiger partial charge in [-0.25, -0.2) is 8.42 Å². The zero-order valence-corrected chi connectivity index (χ0v) is 17.1. The minimum absolute atomic E-state index is 0.0897. The van der Waals surface area contributed by atoms with Crippen LogP contribution in [0, 0.1) is 13.8 Å². The molecule has 0 unspecified atom stereocenters. The molecule has 0 saturated carbocycles. The average molecular weight is 407 g/mol. The molecule has 124 valence electrons. The van der Waals surface area contributed by atoms with E-state index in [1.54, 1.807) is 24.3 Å². The fourth-order valence-corrected chi connectivity index (χ4v) is 6.70. The summed E-state index contributed by atoms with van der Waals surface area (Å²) in [5, 5.41) is 0.500. The Morgan fingerprint density at radius 3 is 1.43 bits per heavy atom. The first-order valence-electron chi connectivity index (χ1n) is 6.67. The molecule has 0 amide bonds. The number of rotatable bonds is 4. The maximum atomic E-state index is 13.0. The van der Waals surface area contributed by atoms with Gasteiger partial charge in [-0.3, -0.25) is 0 Å². The molecule has 0 aliphatic carbocycles. The van der Waals surface area contributed by atoms with E-state index in [1.165, 1.54) is 23.5 Å². The van der Waals surface area contributed by atoms with Crippen molar-refractivity contribution in [2.24, 2.45) is 0 Å². The predicted molar refractivity (Wildman–Crippen MR) is 101 cm³/mol. The third kappa shape index (κ3) is 3.40. The summed E-state index contributed by atoms with van der Waals surface area (Å²) in [6, 6.07) is 6.62. The maximum absolute atomic E-state index is 13.0. The molecular weight excluding hydrogens is 391 g/mol. The van der Waals surface area contributed by atoms with Crippen LogP contribution in [0.4, 0.5) is 0 Å². The first-order chi connectivity index (χ1) is 10.8. The summed E-state index contributed by atoms with van der Waals surface area (Å²) in [5.74, 6) is 0. The van der Waals surface area contributed by atoms with Crippen molar-refractivity contribution in [1.29, 1.82) is 0 Å². The Balaban J connectivity index is 2.75. The Kier molecular flexibility index (Phi) is 6.01. The highest BCUT2D eigenvalue weighted by Gasteiger charge is 2.27. The molecule has 0 N–H and O–H groups in total. The van der Waals surface area contributed by atoms with Crippen molar-refractivity contribution in [2.45, 2.75) is 33.4 Å². The average Bonchev–Trinajstić information content (AvgIpc) is 2.47. The molecule has 0 fully saturated rings. The first kappa shape index (κ1) is 19.0. The van der Waals surface area contributed by atoms with Gasteiger partial charge in [0.15, 0.2) is 0 Å². The zero-order valence-electron chi connectivity index (χ0n) is 13.1. The smallest absolute Gasteiger partial charge is 0.209 e. The Labute approximate surface area is 155 Å². The Bertz CT molecular complexity index is 797. The summed E-state index contributed by atoms with van der Waals surface area (Å²) in [6.07, 6.45) is 3.74. The molecule has 0 radical (unpaired) electrons. The van der Waals surface area contributed by atoms with Gasteiger partial charge in [0.1, 0.15) is 0 Å². The number of hydrogen-bond acceptors (Lipinski definition) is 4. The Hall–Kier alpha value is -0.330. The molecular formula is C16H16Cl2O2S3. The van der Waals surface area contributed by atoms with Crippen LogP contribution in [0.25, 0.3) is 0 Å². The van der Waals surface area contributed by atoms with E-state index in [0.29, 0.717) is 0 Å². The van der Waals surface area contributed by atoms with Gasteiger partial charge in [0, 0.05) is 9.79 Å². The van der Waals surface area contributed by atoms with Crippen LogP contribution in [-0.4, -0.2) is 20.9 Å². The molecule has 0 heterocycles. The fraction of sp³-hybridized carbons (Fsp3) is 0.250. The van der Waals surface area contributed by atoms with Crippen LogP contribution in [0.3, 0.4) is 0 Å². The molecule has 0 bridgehead atoms. The molecule has 0 aliphatic rings. The molecule has 23 heavy (non-hydrogen) atoms. The van der Waals surface area contributed by atoms with E-state index in [2.05, 4.69) is 0 Å². The van der Waals surface area contributed by atoms with Crippen LogP contribution >= 0.6 is 46.7 Å². The topological polar surface area (TPSA) is 34.1 Å². The number of aryl methyl sites for hydroxylation is 2. The van der Waals surface area contributed by atoms with Crippen LogP contribution in [0.2, 0.25) is 10.0 Å². The van der Waals surface area contributed by atoms with Crippen LogP contribution < -0.4 is 0 Å². The van der Waals surface area contributed by atoms with Crippen molar-refractivity contribution in [3.63, 3.8) is 0 Å². The zero-order chi connectivity index (χ0) is 17.4. The van der Waals surface area contributed by atoms with Crippen molar-refractivity contribution in [2.75, 3.05) is 12.5 Å². The summed E-state index contributed by atoms with van der Waals surface area (Å²) in [4.78, 5) is 1.71. The fourth-order valence-electron chi connectivity index (χ4n) is 2.30. The monoisotopic (exact) mass is 406 g/mol. The predicted octanol–water partition coefficient (Wildman–Crippen LogP) is 5.89. The SMILES string of the molecule is CSc1c(C)ccc(S(=O)(=O)c2ccc(C)c(SC)c2Cl)c1Cl. The molecule has 0 spiro atoms. The van der Waals surface area contributed by atoms with Crippen LogP contribution in [0.15, 0.2) is 43.8 Å². The minimum Gasteiger partial charge on any atom is -0.218 e. The molecule has 2 aromatic rings. The first-order valence-corrected chi connectivity index (χ1v) is 11.4. The third-order valence-electron chi connectivity index (χ3n) is 3.50. The highest BCUT2D eigenvalue weighted by Crippen LogP contribution is 2.40. The number of benzene rings is 2. The van der Waals surface area contributed by atoms with Gasteiger partial charge < -0.3 is 0 Å². The maximum Gasteiger partial charge on any atom is 0.209 e. The standard InChI is InChI=1S/C16H16Cl2O2S3/c1-9-5-7-11(13(17)15(9)21-3)23(19,20)12-8-6-10(2)16(22-4)14(12)18/h5-8H,1-4H3. The van der Waals surface area contributed by atoms with E-state index in [-0.39, 0.29) is 19.8 Å². The number of sulfone groups is 1. The Morgan fingerprint density at radius 2 is 1.13 bits per heavy atom. The van der Waals surface area contributed by atoms with Crippen LogP contribution in [0.1, 0.15) is 11.1 Å². The van der Waals surface area contributed by atoms with Gasteiger partial charge >= 0.3 is 0 Å². The Morgan fingerprint density at radius 1 is 0.783 bits per heavy atom. The summed E-state index contributed by atoms with van der Waals surface area (Å²) in [6.45, 7) is 3.80. The third-order valence-corrected chi connectivity index (χ3v) is 8.44. The van der Waals surface area contributed by atoms with E-state index in [9.17, 15) is 8.42 Å². The molecule has 2 rings (SSSR count). The lowest BCUT2D eigenvalue weighted by Gasteiger charge is -2.14. The molecule has 0 aliphatic heterocycles. The number of hydrogen-bond donors (Lipinski definition) is 0. The number of halogens is 2. The van der Waals surface area contributed by atoms with Gasteiger partial charge in [-0.05, 0) is 49.6 Å². The molecule has 0 atom stereocenters. The highest BCUT2D eigenvalue weighted by molar-refractivity contribution is 7.99. The van der Waals surface area contributed by atoms with E-state index in [0.717, 1.165) is 20.9 Å². The van der Waals surface area contributed by atoms with Crippen LogP contribution in [-0.2, 0) is 9.84 Å². The van der Waals surface area contributed by atoms with E-state index in [4.69, 9.17) is 23.2 Å². The van der Waals surface area contributed by atoms with Gasteiger partial charge in [-0.2, -0.15) is 0 Å². The second kappa shape index (κ2) is 7.28. The van der Waals surface area contributed by atoms with Crippen molar-refractivity contribution >= 4 is 56.6 Å². The minimum atomic E-state index is -3.79. The molecule has 2 aromatic carbocycles. The van der Waals surface area contributed by atoms with Gasteiger partial charge in [0.25, 0.3) is 0 Å². The van der Waals surface area contributed by atoms with Gasteiger partial charge in [-0.1, -0.05) is 35.3 Å². The lowest BCUT2D eigenvalue weighted by Crippen LogP contribution is -2.06. The highest BCUT2D eigenvalue weighted by atomic mass is 35.5. The summed E-state index contributed by atoms with van der Waals surface area (Å²) in [7, 11) is -3.79. The van der Waals surface area contributed by atoms with E-state index < -0.39 is 9.84 Å². The summed E-state index contributed by atoms with van der Waals surface area (Å²) < 4.78 is 26.1. The van der Waals surface area contributed by atoms with Crippen LogP contribution in [0.5, 0.6) is 0 Å². The van der Waals surface area contributed by atoms with Crippen molar-refractivity contribution < 1.29 is 8.42 Å². The van der Waals surface area contributed by atoms with Crippen molar-refractivity contribution in [1.82, 2.24) is 0 Å². The molecule has 7 heteroatoms. The molecule has 0 saturated heterocycles. The van der Waals surface area contributed by atoms with E-state index in [1.807, 2.05) is 26.4 Å². The summed E-state index contributed by atoms with van der Waals surface area (Å²) in [5.41, 5.74) is 1.89. The second-order valence-electron chi connectivity index (χ2n) is 4.96. The lowest BCUT2D eigenvalue weighted by molar-refractivity contribution is 0.595. The van der Waals surface area contributed by atoms with E-state index >= 15 is 0 Å². The largest absolute Gasteiger partial charge is 0.218 e. The van der Waals surface area contributed by atoms with Gasteiger partial charge in [0.05, 0.1) is 19.8 Å². The molecule has 0 aromatic heterocycles. The van der Waals surface area contributed by atoms with Crippen molar-refractivity contribution in [3.05, 3.63) is 45.4 Å². The summed E-state index contributed by atoms with van der Waals surface area (Å²) >= 11 is 15.6. The normalized spacial score (nSPS) is 11.7. The quantitative estimate of drug-likeness (QED) is 0.592.